The van der Waals surface area contributed by atoms with Crippen LogP contribution in [0.15, 0.2) is 42.5 Å². The average molecular weight is 414 g/mol. The Balaban J connectivity index is 1.44. The molecule has 2 aliphatic rings. The maximum atomic E-state index is 12.5. The molecule has 0 saturated heterocycles. The molecule has 0 aliphatic carbocycles. The summed E-state index contributed by atoms with van der Waals surface area (Å²) in [5.41, 5.74) is 3.63. The third kappa shape index (κ3) is 3.60. The van der Waals surface area contributed by atoms with Gasteiger partial charge in [0.2, 0.25) is 10.0 Å². The SMILES string of the molecule is CC1Cc2cc(C(=O)OCC(=O)N3CCc4ccccc43)ccc2N1S(C)(=O)=O. The van der Waals surface area contributed by atoms with E-state index in [1.165, 1.54) is 16.6 Å². The number of para-hydroxylation sites is 1. The topological polar surface area (TPSA) is 84.0 Å². The third-order valence-corrected chi connectivity index (χ3v) is 6.61. The number of esters is 1. The van der Waals surface area contributed by atoms with Gasteiger partial charge in [0.25, 0.3) is 5.91 Å². The number of benzene rings is 2. The molecular weight excluding hydrogens is 392 g/mol. The van der Waals surface area contributed by atoms with E-state index in [-0.39, 0.29) is 18.6 Å². The lowest BCUT2D eigenvalue weighted by Gasteiger charge is -2.21. The van der Waals surface area contributed by atoms with E-state index in [2.05, 4.69) is 0 Å². The maximum Gasteiger partial charge on any atom is 0.338 e. The largest absolute Gasteiger partial charge is 0.452 e. The Kier molecular flexibility index (Phi) is 4.82. The monoisotopic (exact) mass is 414 g/mol. The van der Waals surface area contributed by atoms with Gasteiger partial charge in [-0.1, -0.05) is 18.2 Å². The molecule has 0 saturated carbocycles. The Bertz CT molecular complexity index is 1100. The molecule has 0 spiro atoms. The second kappa shape index (κ2) is 7.18. The number of hydrogen-bond donors (Lipinski definition) is 0. The highest BCUT2D eigenvalue weighted by Gasteiger charge is 2.33. The van der Waals surface area contributed by atoms with E-state index in [0.717, 1.165) is 23.2 Å². The second-order valence-electron chi connectivity index (χ2n) is 7.46. The molecular formula is C21H22N2O5S. The minimum atomic E-state index is -3.39. The van der Waals surface area contributed by atoms with Crippen LogP contribution >= 0.6 is 0 Å². The van der Waals surface area contributed by atoms with Crippen LogP contribution in [0.25, 0.3) is 0 Å². The zero-order chi connectivity index (χ0) is 20.8. The molecule has 4 rings (SSSR count). The van der Waals surface area contributed by atoms with E-state index in [9.17, 15) is 18.0 Å². The quantitative estimate of drug-likeness (QED) is 0.716. The van der Waals surface area contributed by atoms with Gasteiger partial charge < -0.3 is 9.64 Å². The summed E-state index contributed by atoms with van der Waals surface area (Å²) in [6.45, 7) is 2.06. The Labute approximate surface area is 169 Å². The molecule has 2 aromatic carbocycles. The molecule has 1 amide bonds. The van der Waals surface area contributed by atoms with E-state index in [1.54, 1.807) is 17.0 Å². The van der Waals surface area contributed by atoms with Crippen LogP contribution in [-0.2, 0) is 32.4 Å². The summed E-state index contributed by atoms with van der Waals surface area (Å²) in [7, 11) is -3.39. The molecule has 1 atom stereocenters. The van der Waals surface area contributed by atoms with Crippen molar-refractivity contribution in [2.24, 2.45) is 0 Å². The van der Waals surface area contributed by atoms with Crippen molar-refractivity contribution >= 4 is 33.3 Å². The van der Waals surface area contributed by atoms with Gasteiger partial charge in [-0.05, 0) is 55.2 Å². The molecule has 29 heavy (non-hydrogen) atoms. The smallest absolute Gasteiger partial charge is 0.338 e. The summed E-state index contributed by atoms with van der Waals surface area (Å²) in [4.78, 5) is 26.6. The summed E-state index contributed by atoms with van der Waals surface area (Å²) in [5.74, 6) is -0.861. The van der Waals surface area contributed by atoms with Crippen molar-refractivity contribution in [1.82, 2.24) is 0 Å². The van der Waals surface area contributed by atoms with Crippen LogP contribution in [0.1, 0.15) is 28.4 Å². The molecule has 7 nitrogen and oxygen atoms in total. The summed E-state index contributed by atoms with van der Waals surface area (Å²) < 4.78 is 30.6. The number of amides is 1. The van der Waals surface area contributed by atoms with Crippen LogP contribution in [0.5, 0.6) is 0 Å². The molecule has 2 aliphatic heterocycles. The fourth-order valence-corrected chi connectivity index (χ4v) is 5.38. The molecule has 0 N–H and O–H groups in total. The van der Waals surface area contributed by atoms with E-state index in [1.807, 2.05) is 31.2 Å². The summed E-state index contributed by atoms with van der Waals surface area (Å²) in [6.07, 6.45) is 2.48. The van der Waals surface area contributed by atoms with Gasteiger partial charge in [0.15, 0.2) is 6.61 Å². The Hall–Kier alpha value is -2.87. The van der Waals surface area contributed by atoms with Crippen molar-refractivity contribution in [3.63, 3.8) is 0 Å². The van der Waals surface area contributed by atoms with Gasteiger partial charge in [-0.15, -0.1) is 0 Å². The van der Waals surface area contributed by atoms with Crippen molar-refractivity contribution in [2.45, 2.75) is 25.8 Å². The fraction of sp³-hybridized carbons (Fsp3) is 0.333. The van der Waals surface area contributed by atoms with Crippen molar-refractivity contribution in [3.05, 3.63) is 59.2 Å². The van der Waals surface area contributed by atoms with Crippen LogP contribution in [0.2, 0.25) is 0 Å². The molecule has 0 fully saturated rings. The number of sulfonamides is 1. The second-order valence-corrected chi connectivity index (χ2v) is 9.32. The fourth-order valence-electron chi connectivity index (χ4n) is 4.12. The number of carbonyl (C=O) groups excluding carboxylic acids is 2. The van der Waals surface area contributed by atoms with E-state index in [0.29, 0.717) is 24.2 Å². The third-order valence-electron chi connectivity index (χ3n) is 5.34. The van der Waals surface area contributed by atoms with Crippen LogP contribution in [0, 0.1) is 0 Å². The predicted molar refractivity (Wildman–Crippen MR) is 110 cm³/mol. The number of nitrogens with zero attached hydrogens (tertiary/aromatic N) is 2. The minimum absolute atomic E-state index is 0.205. The molecule has 1 unspecified atom stereocenters. The molecule has 0 aromatic heterocycles. The summed E-state index contributed by atoms with van der Waals surface area (Å²) in [5, 5.41) is 0. The van der Waals surface area contributed by atoms with Crippen molar-refractivity contribution in [3.8, 4) is 0 Å². The Morgan fingerprint density at radius 3 is 2.62 bits per heavy atom. The van der Waals surface area contributed by atoms with Crippen LogP contribution in [-0.4, -0.2) is 45.7 Å². The highest BCUT2D eigenvalue weighted by Crippen LogP contribution is 2.35. The van der Waals surface area contributed by atoms with Gasteiger partial charge in [-0.3, -0.25) is 9.10 Å². The van der Waals surface area contributed by atoms with Crippen LogP contribution in [0.3, 0.4) is 0 Å². The zero-order valence-electron chi connectivity index (χ0n) is 16.3. The van der Waals surface area contributed by atoms with Crippen LogP contribution in [0.4, 0.5) is 11.4 Å². The van der Waals surface area contributed by atoms with Gasteiger partial charge in [0.05, 0.1) is 17.5 Å². The van der Waals surface area contributed by atoms with Crippen molar-refractivity contribution in [1.29, 1.82) is 0 Å². The maximum absolute atomic E-state index is 12.5. The van der Waals surface area contributed by atoms with Crippen molar-refractivity contribution in [2.75, 3.05) is 28.6 Å². The molecule has 2 heterocycles. The van der Waals surface area contributed by atoms with E-state index in [4.69, 9.17) is 4.74 Å². The minimum Gasteiger partial charge on any atom is -0.452 e. The normalized spacial score (nSPS) is 17.8. The van der Waals surface area contributed by atoms with Gasteiger partial charge in [0, 0.05) is 18.3 Å². The summed E-state index contributed by atoms with van der Waals surface area (Å²) >= 11 is 0. The average Bonchev–Trinajstić information content (AvgIpc) is 3.24. The number of rotatable bonds is 4. The predicted octanol–water partition coefficient (Wildman–Crippen LogP) is 2.14. The van der Waals surface area contributed by atoms with Gasteiger partial charge in [0.1, 0.15) is 0 Å². The van der Waals surface area contributed by atoms with Gasteiger partial charge in [-0.25, -0.2) is 13.2 Å². The van der Waals surface area contributed by atoms with Gasteiger partial charge >= 0.3 is 5.97 Å². The first kappa shape index (κ1) is 19.4. The number of fused-ring (bicyclic) bond motifs is 2. The Morgan fingerprint density at radius 1 is 1.10 bits per heavy atom. The lowest BCUT2D eigenvalue weighted by molar-refractivity contribution is -0.121. The molecule has 2 aromatic rings. The Morgan fingerprint density at radius 2 is 1.86 bits per heavy atom. The molecule has 8 heteroatoms. The van der Waals surface area contributed by atoms with Crippen LogP contribution < -0.4 is 9.21 Å². The first-order chi connectivity index (χ1) is 13.8. The zero-order valence-corrected chi connectivity index (χ0v) is 17.1. The van der Waals surface area contributed by atoms with E-state index < -0.39 is 16.0 Å². The number of ether oxygens (including phenoxy) is 1. The first-order valence-corrected chi connectivity index (χ1v) is 11.3. The summed E-state index contributed by atoms with van der Waals surface area (Å²) in [6, 6.07) is 12.3. The number of hydrogen-bond acceptors (Lipinski definition) is 5. The highest BCUT2D eigenvalue weighted by molar-refractivity contribution is 7.92. The van der Waals surface area contributed by atoms with Gasteiger partial charge in [-0.2, -0.15) is 0 Å². The lowest BCUT2D eigenvalue weighted by Crippen LogP contribution is -2.34. The van der Waals surface area contributed by atoms with E-state index >= 15 is 0 Å². The molecule has 0 radical (unpaired) electrons. The molecule has 0 bridgehead atoms. The standard InChI is InChI=1S/C21H22N2O5S/c1-14-11-17-12-16(7-8-19(17)23(14)29(2,26)27)21(25)28-13-20(24)22-10-9-15-5-3-4-6-18(15)22/h3-8,12,14H,9-11,13H2,1-2H3. The highest BCUT2D eigenvalue weighted by atomic mass is 32.2. The lowest BCUT2D eigenvalue weighted by atomic mass is 10.1. The van der Waals surface area contributed by atoms with Crippen molar-refractivity contribution < 1.29 is 22.7 Å². The molecule has 152 valence electrons. The number of anilines is 2. The first-order valence-electron chi connectivity index (χ1n) is 9.43. The number of carbonyl (C=O) groups is 2.